The van der Waals surface area contributed by atoms with Crippen LogP contribution >= 0.6 is 11.6 Å². The molecule has 9 nitrogen and oxygen atoms in total. The van der Waals surface area contributed by atoms with Crippen LogP contribution in [-0.2, 0) is 11.3 Å². The van der Waals surface area contributed by atoms with Gasteiger partial charge in [-0.25, -0.2) is 14.4 Å². The van der Waals surface area contributed by atoms with Gasteiger partial charge in [-0.05, 0) is 25.7 Å². The number of aromatic nitrogens is 5. The Labute approximate surface area is 194 Å². The van der Waals surface area contributed by atoms with Crippen molar-refractivity contribution in [3.63, 3.8) is 0 Å². The molecule has 1 spiro atoms. The van der Waals surface area contributed by atoms with Crippen LogP contribution in [0, 0.1) is 23.1 Å². The summed E-state index contributed by atoms with van der Waals surface area (Å²) in [6, 6.07) is 0.0120. The number of nitrogens with one attached hydrogen (secondary N) is 1. The Balaban J connectivity index is 1.43. The van der Waals surface area contributed by atoms with Crippen molar-refractivity contribution < 1.29 is 14.2 Å². The van der Waals surface area contributed by atoms with Crippen LogP contribution in [0.3, 0.4) is 0 Å². The van der Waals surface area contributed by atoms with Crippen molar-refractivity contribution in [3.8, 4) is 11.8 Å². The molecule has 33 heavy (non-hydrogen) atoms. The molecule has 0 radical (unpaired) electrons. The van der Waals surface area contributed by atoms with Crippen molar-refractivity contribution in [2.75, 3.05) is 24.6 Å². The van der Waals surface area contributed by atoms with Crippen LogP contribution in [0.15, 0.2) is 12.4 Å². The third-order valence-electron chi connectivity index (χ3n) is 6.66. The third-order valence-corrected chi connectivity index (χ3v) is 6.95. The molecule has 3 aromatic heterocycles. The molecule has 0 amide bonds. The number of piperidine rings is 1. The summed E-state index contributed by atoms with van der Waals surface area (Å²) in [5, 5.41) is 17.1. The van der Waals surface area contributed by atoms with E-state index in [4.69, 9.17) is 22.1 Å². The lowest BCUT2D eigenvalue weighted by atomic mass is 9.73. The molecule has 0 saturated carbocycles. The molecular formula is C22H23ClFN7O2. The number of aliphatic hydroxyl groups excluding tert-OH is 1. The van der Waals surface area contributed by atoms with E-state index >= 15 is 0 Å². The summed E-state index contributed by atoms with van der Waals surface area (Å²) in [5.74, 6) is 5.45. The van der Waals surface area contributed by atoms with Crippen LogP contribution in [0.5, 0.6) is 0 Å². The molecule has 172 valence electrons. The molecular weight excluding hydrogens is 449 g/mol. The minimum absolute atomic E-state index is 0.0120. The van der Waals surface area contributed by atoms with Crippen molar-refractivity contribution >= 4 is 28.6 Å². The zero-order chi connectivity index (χ0) is 23.2. The first-order valence-electron chi connectivity index (χ1n) is 10.7. The van der Waals surface area contributed by atoms with Crippen LogP contribution in [0.1, 0.15) is 36.7 Å². The number of aromatic amines is 1. The van der Waals surface area contributed by atoms with Gasteiger partial charge in [0.2, 0.25) is 0 Å². The fraction of sp³-hybridized carbons (Fsp3) is 0.455. The molecule has 0 bridgehead atoms. The van der Waals surface area contributed by atoms with E-state index < -0.39 is 5.82 Å². The predicted octanol–water partition coefficient (Wildman–Crippen LogP) is 1.77. The minimum Gasteiger partial charge on any atom is -0.390 e. The second-order valence-corrected chi connectivity index (χ2v) is 8.95. The molecule has 0 aromatic carbocycles. The van der Waals surface area contributed by atoms with Gasteiger partial charge in [-0.2, -0.15) is 5.10 Å². The molecule has 11 heteroatoms. The molecule has 0 unspecified atom stereocenters. The number of hydrogen-bond donors (Lipinski definition) is 3. The van der Waals surface area contributed by atoms with Crippen molar-refractivity contribution in [1.82, 2.24) is 25.1 Å². The number of ether oxygens (including phenoxy) is 1. The lowest BCUT2D eigenvalue weighted by molar-refractivity contribution is 0.0973. The highest BCUT2D eigenvalue weighted by Crippen LogP contribution is 2.42. The smallest absolute Gasteiger partial charge is 0.177 e. The maximum absolute atomic E-state index is 14.0. The van der Waals surface area contributed by atoms with Crippen LogP contribution in [0.2, 0.25) is 5.02 Å². The number of halogens is 2. The molecule has 2 aliphatic rings. The first-order valence-corrected chi connectivity index (χ1v) is 11.1. The topological polar surface area (TPSA) is 126 Å². The van der Waals surface area contributed by atoms with Crippen LogP contribution < -0.4 is 10.6 Å². The number of nitrogens with zero attached hydrogens (tertiary/aromatic N) is 5. The molecule has 5 heterocycles. The van der Waals surface area contributed by atoms with Gasteiger partial charge in [-0.3, -0.25) is 10.1 Å². The Morgan fingerprint density at radius 3 is 2.79 bits per heavy atom. The number of aliphatic hydroxyl groups is 1. The van der Waals surface area contributed by atoms with E-state index in [2.05, 4.69) is 41.9 Å². The lowest BCUT2D eigenvalue weighted by Crippen LogP contribution is -2.51. The standard InChI is InChI=1S/C22H23ClFN7O2/c1-12-19(25)22(11-33-12)4-6-31(7-5-22)21-17(10-32)27-18-16(29-30-20(18)28-21)3-2-13-14(23)8-26-9-15(13)24/h8-9,12,19,32H,4-7,10-11,25H2,1H3,(H,28,29,30)/t12-,19+/m0/s1. The average Bonchev–Trinajstić information content (AvgIpc) is 3.34. The fourth-order valence-corrected chi connectivity index (χ4v) is 4.80. The van der Waals surface area contributed by atoms with E-state index in [9.17, 15) is 9.50 Å². The van der Waals surface area contributed by atoms with E-state index in [0.717, 1.165) is 32.1 Å². The molecule has 0 aliphatic carbocycles. The molecule has 2 atom stereocenters. The van der Waals surface area contributed by atoms with Gasteiger partial charge in [0.1, 0.15) is 11.2 Å². The van der Waals surface area contributed by atoms with E-state index in [1.54, 1.807) is 0 Å². The Hall–Kier alpha value is -2.84. The van der Waals surface area contributed by atoms with Gasteiger partial charge < -0.3 is 20.5 Å². The van der Waals surface area contributed by atoms with Crippen molar-refractivity contribution in [2.24, 2.45) is 11.1 Å². The van der Waals surface area contributed by atoms with Gasteiger partial charge >= 0.3 is 0 Å². The van der Waals surface area contributed by atoms with E-state index in [-0.39, 0.29) is 40.4 Å². The molecule has 2 aliphatic heterocycles. The largest absolute Gasteiger partial charge is 0.390 e. The third kappa shape index (κ3) is 3.81. The minimum atomic E-state index is -0.621. The molecule has 2 saturated heterocycles. The lowest BCUT2D eigenvalue weighted by Gasteiger charge is -2.41. The molecule has 5 rings (SSSR count). The Kier molecular flexibility index (Phi) is 5.66. The maximum atomic E-state index is 14.0. The van der Waals surface area contributed by atoms with Gasteiger partial charge in [0.25, 0.3) is 0 Å². The quantitative estimate of drug-likeness (QED) is 0.483. The zero-order valence-corrected chi connectivity index (χ0v) is 18.7. The number of rotatable bonds is 2. The summed E-state index contributed by atoms with van der Waals surface area (Å²) < 4.78 is 19.8. The Bertz CT molecular complexity index is 1240. The first kappa shape index (κ1) is 22.0. The van der Waals surface area contributed by atoms with Gasteiger partial charge in [-0.15, -0.1) is 0 Å². The van der Waals surface area contributed by atoms with Gasteiger partial charge in [0.15, 0.2) is 23.0 Å². The van der Waals surface area contributed by atoms with Crippen molar-refractivity contribution in [3.05, 3.63) is 40.2 Å². The van der Waals surface area contributed by atoms with Crippen LogP contribution in [-0.4, -0.2) is 62.1 Å². The number of H-pyrrole nitrogens is 1. The van der Waals surface area contributed by atoms with Gasteiger partial charge in [0, 0.05) is 30.7 Å². The van der Waals surface area contributed by atoms with Gasteiger partial charge in [0.05, 0.1) is 36.1 Å². The normalized spacial score (nSPS) is 22.0. The summed E-state index contributed by atoms with van der Waals surface area (Å²) in [6.45, 7) is 3.87. The zero-order valence-electron chi connectivity index (χ0n) is 18.0. The van der Waals surface area contributed by atoms with Gasteiger partial charge in [-0.1, -0.05) is 17.5 Å². The fourth-order valence-electron chi connectivity index (χ4n) is 4.60. The summed E-state index contributed by atoms with van der Waals surface area (Å²) >= 11 is 5.99. The summed E-state index contributed by atoms with van der Waals surface area (Å²) in [4.78, 5) is 15.0. The Morgan fingerprint density at radius 2 is 2.12 bits per heavy atom. The van der Waals surface area contributed by atoms with E-state index in [0.29, 0.717) is 29.3 Å². The molecule has 3 aromatic rings. The number of nitrogens with two attached hydrogens (primary N) is 1. The molecule has 4 N–H and O–H groups in total. The Morgan fingerprint density at radius 1 is 1.33 bits per heavy atom. The number of pyridine rings is 1. The number of anilines is 1. The second-order valence-electron chi connectivity index (χ2n) is 8.54. The molecule has 2 fully saturated rings. The highest BCUT2D eigenvalue weighted by atomic mass is 35.5. The predicted molar refractivity (Wildman–Crippen MR) is 120 cm³/mol. The van der Waals surface area contributed by atoms with E-state index in [1.807, 2.05) is 6.92 Å². The van der Waals surface area contributed by atoms with Crippen molar-refractivity contribution in [2.45, 2.75) is 38.5 Å². The summed E-state index contributed by atoms with van der Waals surface area (Å²) in [7, 11) is 0. The van der Waals surface area contributed by atoms with E-state index in [1.165, 1.54) is 6.20 Å². The maximum Gasteiger partial charge on any atom is 0.177 e. The van der Waals surface area contributed by atoms with Crippen LogP contribution in [0.4, 0.5) is 10.2 Å². The number of hydrogen-bond acceptors (Lipinski definition) is 8. The average molecular weight is 472 g/mol. The first-order chi connectivity index (χ1) is 15.9. The summed E-state index contributed by atoms with van der Waals surface area (Å²) in [6.07, 6.45) is 4.17. The van der Waals surface area contributed by atoms with Crippen LogP contribution in [0.25, 0.3) is 11.2 Å². The highest BCUT2D eigenvalue weighted by Gasteiger charge is 2.47. The highest BCUT2D eigenvalue weighted by molar-refractivity contribution is 6.31. The summed E-state index contributed by atoms with van der Waals surface area (Å²) in [5.41, 5.74) is 7.97. The van der Waals surface area contributed by atoms with Crippen molar-refractivity contribution in [1.29, 1.82) is 0 Å². The monoisotopic (exact) mass is 471 g/mol. The SMILES string of the molecule is C[C@@H]1OCC2(CCN(c3nc4[nH]nc(C#Cc5c(F)cncc5Cl)c4nc3CO)CC2)[C@@H]1N. The number of fused-ring (bicyclic) bond motifs is 1. The second kappa shape index (κ2) is 8.50.